The second-order valence-corrected chi connectivity index (χ2v) is 0.856. The van der Waals surface area contributed by atoms with Crippen molar-refractivity contribution < 1.29 is 4.79 Å². The third-order valence-corrected chi connectivity index (χ3v) is 0.253. The highest BCUT2D eigenvalue weighted by atomic mass is 35.5. The molecule has 3 nitrogen and oxygen atoms in total. The summed E-state index contributed by atoms with van der Waals surface area (Å²) in [6.45, 7) is 0. The van der Waals surface area contributed by atoms with Crippen LogP contribution in [0, 0.1) is 0 Å². The molecule has 0 aliphatic rings. The van der Waals surface area contributed by atoms with Gasteiger partial charge in [-0.15, -0.1) is 24.8 Å². The monoisotopic (exact) mass is 164 g/mol. The van der Waals surface area contributed by atoms with Crippen LogP contribution in [0.1, 0.15) is 0 Å². The Morgan fingerprint density at radius 3 is 1.71 bits per heavy atom. The zero-order chi connectivity index (χ0) is 4.28. The third kappa shape index (κ3) is 21.7. The van der Waals surface area contributed by atoms with Gasteiger partial charge < -0.3 is 0 Å². The molecule has 0 saturated heterocycles. The van der Waals surface area contributed by atoms with Gasteiger partial charge in [-0.3, -0.25) is 10.2 Å². The first-order valence-corrected chi connectivity index (χ1v) is 1.41. The molecule has 0 heterocycles. The second-order valence-electron chi connectivity index (χ2n) is 0.449. The van der Waals surface area contributed by atoms with E-state index in [1.54, 1.807) is 5.43 Å². The van der Waals surface area contributed by atoms with Crippen LogP contribution in [0.2, 0.25) is 0 Å². The summed E-state index contributed by atoms with van der Waals surface area (Å²) >= 11 is 3.22. The number of amides is 1. The lowest BCUT2D eigenvalue weighted by Gasteiger charge is -1.79. The molecule has 0 aromatic heterocycles. The van der Waals surface area contributed by atoms with Gasteiger partial charge in [-0.1, -0.05) is 12.6 Å². The lowest BCUT2D eigenvalue weighted by atomic mass is 11.4. The summed E-state index contributed by atoms with van der Waals surface area (Å²) in [7, 11) is 0. The summed E-state index contributed by atoms with van der Waals surface area (Å²) in [5.74, 6) is 4.50. The Hall–Kier alpha value is 0.360. The molecule has 0 bridgehead atoms. The van der Waals surface area contributed by atoms with Gasteiger partial charge in [0.25, 0.3) is 5.24 Å². The highest BCUT2D eigenvalue weighted by Crippen LogP contribution is 1.65. The zero-order valence-corrected chi connectivity index (χ0v) is 5.78. The van der Waals surface area contributed by atoms with E-state index in [2.05, 4.69) is 18.5 Å². The van der Waals surface area contributed by atoms with E-state index in [0.29, 0.717) is 0 Å². The maximum absolute atomic E-state index is 9.44. The van der Waals surface area contributed by atoms with Crippen LogP contribution in [-0.2, 0) is 0 Å². The van der Waals surface area contributed by atoms with Crippen molar-refractivity contribution in [3.05, 3.63) is 0 Å². The first kappa shape index (κ1) is 15.7. The van der Waals surface area contributed by atoms with E-state index in [1.165, 1.54) is 0 Å². The van der Waals surface area contributed by atoms with Crippen molar-refractivity contribution in [1.82, 2.24) is 5.43 Å². The molecule has 0 rings (SSSR count). The Balaban J connectivity index is -0.0000000800. The maximum Gasteiger partial charge on any atom is 0.289 e. The number of thiol groups is 1. The largest absolute Gasteiger partial charge is 0.289 e. The molecule has 1 amide bonds. The fourth-order valence-electron chi connectivity index (χ4n) is 0. The van der Waals surface area contributed by atoms with Crippen LogP contribution in [0.15, 0.2) is 0 Å². The van der Waals surface area contributed by atoms with Gasteiger partial charge in [0.15, 0.2) is 0 Å². The molecule has 0 fully saturated rings. The quantitative estimate of drug-likeness (QED) is 0.210. The van der Waals surface area contributed by atoms with Gasteiger partial charge in [0.05, 0.1) is 0 Å². The molecule has 3 N–H and O–H groups in total. The Labute approximate surface area is 59.2 Å². The predicted molar refractivity (Wildman–Crippen MR) is 36.2 cm³/mol. The van der Waals surface area contributed by atoms with Crippen LogP contribution >= 0.6 is 37.4 Å². The van der Waals surface area contributed by atoms with Gasteiger partial charge in [-0.05, 0) is 0 Å². The molecule has 0 aliphatic heterocycles. The standard InChI is InChI=1S/CH4N2OS.2ClH/c2-3-1(4)5;;/h2H2,(H2,3,4,5);2*1H. The number of rotatable bonds is 0. The summed E-state index contributed by atoms with van der Waals surface area (Å²) in [5.41, 5.74) is 1.75. The average molecular weight is 165 g/mol. The molecule has 0 aliphatic carbocycles. The topological polar surface area (TPSA) is 55.1 Å². The SMILES string of the molecule is Cl.Cl.NNC(=O)S. The Morgan fingerprint density at radius 2 is 1.71 bits per heavy atom. The van der Waals surface area contributed by atoms with Crippen LogP contribution in [0.5, 0.6) is 0 Å². The number of hydrogen-bond acceptors (Lipinski definition) is 2. The molecular formula is CH6Cl2N2OS. The van der Waals surface area contributed by atoms with Crippen molar-refractivity contribution in [3.63, 3.8) is 0 Å². The summed E-state index contributed by atoms with van der Waals surface area (Å²) in [6.07, 6.45) is 0. The minimum absolute atomic E-state index is 0. The van der Waals surface area contributed by atoms with Crippen molar-refractivity contribution in [2.75, 3.05) is 0 Å². The zero-order valence-electron chi connectivity index (χ0n) is 3.25. The van der Waals surface area contributed by atoms with E-state index < -0.39 is 5.24 Å². The van der Waals surface area contributed by atoms with Gasteiger partial charge >= 0.3 is 0 Å². The van der Waals surface area contributed by atoms with Crippen LogP contribution in [0.4, 0.5) is 4.79 Å². The molecule has 0 unspecified atom stereocenters. The Kier molecular flexibility index (Phi) is 21.5. The van der Waals surface area contributed by atoms with Crippen molar-refractivity contribution in [2.45, 2.75) is 0 Å². The number of nitrogens with one attached hydrogen (secondary N) is 1. The molecule has 0 atom stereocenters. The molecule has 0 aromatic rings. The van der Waals surface area contributed by atoms with Crippen LogP contribution in [-0.4, -0.2) is 5.24 Å². The molecule has 0 aromatic carbocycles. The lowest BCUT2D eigenvalue weighted by Crippen LogP contribution is -2.23. The molecule has 7 heavy (non-hydrogen) atoms. The molecule has 0 saturated carbocycles. The Bertz CT molecular complexity index is 51.0. The van der Waals surface area contributed by atoms with Crippen LogP contribution in [0.3, 0.4) is 0 Å². The highest BCUT2D eigenvalue weighted by Gasteiger charge is 1.74. The first-order chi connectivity index (χ1) is 2.27. The summed E-state index contributed by atoms with van der Waals surface area (Å²) in [6, 6.07) is 0. The summed E-state index contributed by atoms with van der Waals surface area (Å²) < 4.78 is 0. The lowest BCUT2D eigenvalue weighted by molar-refractivity contribution is 0.261. The van der Waals surface area contributed by atoms with E-state index in [4.69, 9.17) is 0 Å². The molecule has 46 valence electrons. The molecule has 6 heteroatoms. The van der Waals surface area contributed by atoms with E-state index in [9.17, 15) is 4.79 Å². The molecule has 0 radical (unpaired) electrons. The minimum atomic E-state index is -0.523. The fraction of sp³-hybridized carbons (Fsp3) is 0. The number of hydrogen-bond donors (Lipinski definition) is 3. The fourth-order valence-corrected chi connectivity index (χ4v) is 0. The van der Waals surface area contributed by atoms with Gasteiger partial charge in [-0.25, -0.2) is 5.84 Å². The highest BCUT2D eigenvalue weighted by molar-refractivity contribution is 7.96. The van der Waals surface area contributed by atoms with Crippen molar-refractivity contribution in [2.24, 2.45) is 5.84 Å². The van der Waals surface area contributed by atoms with Gasteiger partial charge in [0.1, 0.15) is 0 Å². The number of nitrogens with two attached hydrogens (primary N) is 1. The molecule has 0 spiro atoms. The summed E-state index contributed by atoms with van der Waals surface area (Å²) in [4.78, 5) is 9.44. The number of halogens is 2. The number of hydrazine groups is 1. The van der Waals surface area contributed by atoms with Crippen LogP contribution in [0.25, 0.3) is 0 Å². The van der Waals surface area contributed by atoms with Gasteiger partial charge in [-0.2, -0.15) is 0 Å². The number of carbonyl (C=O) groups excluding carboxylic acids is 1. The van der Waals surface area contributed by atoms with Crippen molar-refractivity contribution in [1.29, 1.82) is 0 Å². The normalized spacial score (nSPS) is 4.86. The molecular weight excluding hydrogens is 159 g/mol. The van der Waals surface area contributed by atoms with Crippen molar-refractivity contribution >= 4 is 42.7 Å². The predicted octanol–water partition coefficient (Wildman–Crippen LogP) is 0.343. The van der Waals surface area contributed by atoms with E-state index in [-0.39, 0.29) is 24.8 Å². The van der Waals surface area contributed by atoms with Gasteiger partial charge in [0, 0.05) is 0 Å². The minimum Gasteiger partial charge on any atom is -0.285 e. The van der Waals surface area contributed by atoms with Crippen molar-refractivity contribution in [3.8, 4) is 0 Å². The second kappa shape index (κ2) is 9.61. The Morgan fingerprint density at radius 1 is 1.57 bits per heavy atom. The average Bonchev–Trinajstić information content (AvgIpc) is 1.38. The van der Waals surface area contributed by atoms with E-state index in [0.717, 1.165) is 0 Å². The third-order valence-electron chi connectivity index (χ3n) is 0.123. The van der Waals surface area contributed by atoms with E-state index in [1.807, 2.05) is 0 Å². The first-order valence-electron chi connectivity index (χ1n) is 0.966. The van der Waals surface area contributed by atoms with Crippen LogP contribution < -0.4 is 11.3 Å². The smallest absolute Gasteiger partial charge is 0.285 e. The maximum atomic E-state index is 9.44. The van der Waals surface area contributed by atoms with Gasteiger partial charge in [0.2, 0.25) is 0 Å². The number of carbonyl (C=O) groups is 1. The summed E-state index contributed by atoms with van der Waals surface area (Å²) in [5, 5.41) is -0.523. The van der Waals surface area contributed by atoms with E-state index >= 15 is 0 Å².